The molecule has 0 aliphatic heterocycles. The Hall–Kier alpha value is -0.310. The van der Waals surface area contributed by atoms with Crippen LogP contribution in [0.15, 0.2) is 6.20 Å². The van der Waals surface area contributed by atoms with Crippen LogP contribution in [0.1, 0.15) is 11.5 Å². The van der Waals surface area contributed by atoms with Gasteiger partial charge in [-0.1, -0.05) is 0 Å². The van der Waals surface area contributed by atoms with Crippen molar-refractivity contribution in [3.63, 3.8) is 0 Å². The molecule has 3 heteroatoms. The second kappa shape index (κ2) is 3.01. The third kappa shape index (κ3) is 1.82. The highest BCUT2D eigenvalue weighted by molar-refractivity contribution is 8.93. The summed E-state index contributed by atoms with van der Waals surface area (Å²) in [5.74, 6) is 1.07. The Balaban J connectivity index is 0.000000640. The standard InChI is InChI=1S/C6H10N2.BrH/c1-5-4-8(3)6(2)7-5;/h4H,1-3H3;1H. The predicted octanol–water partition coefficient (Wildman–Crippen LogP) is 1.61. The third-order valence-electron chi connectivity index (χ3n) is 1.23. The van der Waals surface area contributed by atoms with Crippen LogP contribution in [0.3, 0.4) is 0 Å². The molecular weight excluding hydrogens is 180 g/mol. The Morgan fingerprint density at radius 3 is 2.11 bits per heavy atom. The Bertz CT molecular complexity index is 173. The molecule has 1 aromatic heterocycles. The summed E-state index contributed by atoms with van der Waals surface area (Å²) in [7, 11) is 2.00. The molecule has 0 atom stereocenters. The van der Waals surface area contributed by atoms with Crippen LogP contribution in [-0.4, -0.2) is 9.55 Å². The number of hydrogen-bond donors (Lipinski definition) is 0. The molecule has 9 heavy (non-hydrogen) atoms. The minimum absolute atomic E-state index is 0. The van der Waals surface area contributed by atoms with Crippen molar-refractivity contribution >= 4 is 17.0 Å². The van der Waals surface area contributed by atoms with Crippen molar-refractivity contribution in [2.45, 2.75) is 13.8 Å². The monoisotopic (exact) mass is 190 g/mol. The molecule has 0 unspecified atom stereocenters. The van der Waals surface area contributed by atoms with Gasteiger partial charge in [0.15, 0.2) is 0 Å². The maximum absolute atomic E-state index is 4.17. The van der Waals surface area contributed by atoms with Crippen molar-refractivity contribution in [3.8, 4) is 0 Å². The van der Waals surface area contributed by atoms with E-state index in [2.05, 4.69) is 4.98 Å². The van der Waals surface area contributed by atoms with Crippen molar-refractivity contribution in [1.29, 1.82) is 0 Å². The Labute approximate surface area is 65.7 Å². The second-order valence-corrected chi connectivity index (χ2v) is 2.04. The van der Waals surface area contributed by atoms with Gasteiger partial charge in [0, 0.05) is 13.2 Å². The molecule has 0 saturated heterocycles. The van der Waals surface area contributed by atoms with Gasteiger partial charge >= 0.3 is 0 Å². The van der Waals surface area contributed by atoms with Crippen LogP contribution in [0.25, 0.3) is 0 Å². The maximum atomic E-state index is 4.17. The SMILES string of the molecule is Br.Cc1cn(C)c(C)n1. The number of rotatable bonds is 0. The number of nitrogens with zero attached hydrogens (tertiary/aromatic N) is 2. The van der Waals surface area contributed by atoms with Crippen LogP contribution in [-0.2, 0) is 7.05 Å². The molecule has 0 radical (unpaired) electrons. The van der Waals surface area contributed by atoms with E-state index in [9.17, 15) is 0 Å². The van der Waals surface area contributed by atoms with Gasteiger partial charge in [-0.3, -0.25) is 0 Å². The third-order valence-corrected chi connectivity index (χ3v) is 1.23. The lowest BCUT2D eigenvalue weighted by Crippen LogP contribution is -1.86. The van der Waals surface area contributed by atoms with Crippen LogP contribution in [0.2, 0.25) is 0 Å². The molecule has 0 saturated carbocycles. The highest BCUT2D eigenvalue weighted by Crippen LogP contribution is 1.95. The lowest BCUT2D eigenvalue weighted by atomic mass is 10.6. The van der Waals surface area contributed by atoms with Gasteiger partial charge in [0.05, 0.1) is 5.69 Å². The molecule has 1 rings (SSSR count). The van der Waals surface area contributed by atoms with Crippen LogP contribution in [0, 0.1) is 13.8 Å². The summed E-state index contributed by atoms with van der Waals surface area (Å²) in [5.41, 5.74) is 1.09. The van der Waals surface area contributed by atoms with Crippen LogP contribution in [0.4, 0.5) is 0 Å². The van der Waals surface area contributed by atoms with E-state index in [1.54, 1.807) is 0 Å². The van der Waals surface area contributed by atoms with Gasteiger partial charge in [-0.05, 0) is 13.8 Å². The van der Waals surface area contributed by atoms with Crippen molar-refractivity contribution in [2.75, 3.05) is 0 Å². The van der Waals surface area contributed by atoms with Crippen LogP contribution in [0.5, 0.6) is 0 Å². The maximum Gasteiger partial charge on any atom is 0.105 e. The summed E-state index contributed by atoms with van der Waals surface area (Å²) in [6.45, 7) is 3.99. The number of aryl methyl sites for hydroxylation is 3. The lowest BCUT2D eigenvalue weighted by molar-refractivity contribution is 0.858. The first-order valence-electron chi connectivity index (χ1n) is 2.66. The fraction of sp³-hybridized carbons (Fsp3) is 0.500. The van der Waals surface area contributed by atoms with Crippen molar-refractivity contribution in [1.82, 2.24) is 9.55 Å². The minimum atomic E-state index is 0. The van der Waals surface area contributed by atoms with Crippen molar-refractivity contribution in [2.24, 2.45) is 7.05 Å². The Morgan fingerprint density at radius 1 is 1.44 bits per heavy atom. The summed E-state index contributed by atoms with van der Waals surface area (Å²) in [5, 5.41) is 0. The summed E-state index contributed by atoms with van der Waals surface area (Å²) < 4.78 is 2.01. The van der Waals surface area contributed by atoms with E-state index in [4.69, 9.17) is 0 Å². The quantitative estimate of drug-likeness (QED) is 0.609. The smallest absolute Gasteiger partial charge is 0.105 e. The number of hydrogen-bond acceptors (Lipinski definition) is 1. The zero-order valence-corrected chi connectivity index (χ0v) is 7.59. The molecule has 0 amide bonds. The van der Waals surface area contributed by atoms with Gasteiger partial charge in [-0.15, -0.1) is 17.0 Å². The number of imidazole rings is 1. The molecule has 0 bridgehead atoms. The average molecular weight is 191 g/mol. The van der Waals surface area contributed by atoms with Gasteiger partial charge in [0.25, 0.3) is 0 Å². The Kier molecular flexibility index (Phi) is 2.91. The topological polar surface area (TPSA) is 17.8 Å². The van der Waals surface area contributed by atoms with E-state index in [0.29, 0.717) is 0 Å². The molecular formula is C6H11BrN2. The number of aromatic nitrogens is 2. The molecule has 0 aliphatic rings. The highest BCUT2D eigenvalue weighted by atomic mass is 79.9. The summed E-state index contributed by atoms with van der Waals surface area (Å²) in [6.07, 6.45) is 2.01. The largest absolute Gasteiger partial charge is 0.338 e. The van der Waals surface area contributed by atoms with Gasteiger partial charge in [0.1, 0.15) is 5.82 Å². The molecule has 1 heterocycles. The minimum Gasteiger partial charge on any atom is -0.338 e. The fourth-order valence-electron chi connectivity index (χ4n) is 0.737. The van der Waals surface area contributed by atoms with Crippen LogP contribution < -0.4 is 0 Å². The zero-order valence-electron chi connectivity index (χ0n) is 5.88. The highest BCUT2D eigenvalue weighted by Gasteiger charge is 1.91. The molecule has 0 spiro atoms. The van der Waals surface area contributed by atoms with Gasteiger partial charge in [0.2, 0.25) is 0 Å². The van der Waals surface area contributed by atoms with Crippen LogP contribution >= 0.6 is 17.0 Å². The van der Waals surface area contributed by atoms with E-state index in [-0.39, 0.29) is 17.0 Å². The fourth-order valence-corrected chi connectivity index (χ4v) is 0.737. The van der Waals surface area contributed by atoms with E-state index in [0.717, 1.165) is 11.5 Å². The van der Waals surface area contributed by atoms with Crippen molar-refractivity contribution in [3.05, 3.63) is 17.7 Å². The lowest BCUT2D eigenvalue weighted by Gasteiger charge is -1.87. The van der Waals surface area contributed by atoms with E-state index < -0.39 is 0 Å². The average Bonchev–Trinajstić information content (AvgIpc) is 1.85. The second-order valence-electron chi connectivity index (χ2n) is 2.04. The first kappa shape index (κ1) is 8.69. The summed E-state index contributed by atoms with van der Waals surface area (Å²) in [6, 6.07) is 0. The predicted molar refractivity (Wildman–Crippen MR) is 43.0 cm³/mol. The van der Waals surface area contributed by atoms with E-state index in [1.807, 2.05) is 31.7 Å². The van der Waals surface area contributed by atoms with E-state index in [1.165, 1.54) is 0 Å². The molecule has 0 aromatic carbocycles. The summed E-state index contributed by atoms with van der Waals surface area (Å²) >= 11 is 0. The Morgan fingerprint density at radius 2 is 2.00 bits per heavy atom. The first-order chi connectivity index (χ1) is 3.70. The first-order valence-corrected chi connectivity index (χ1v) is 2.66. The van der Waals surface area contributed by atoms with Gasteiger partial charge in [-0.25, -0.2) is 4.98 Å². The molecule has 1 aromatic rings. The summed E-state index contributed by atoms with van der Waals surface area (Å²) in [4.78, 5) is 4.17. The van der Waals surface area contributed by atoms with E-state index >= 15 is 0 Å². The van der Waals surface area contributed by atoms with Gasteiger partial charge < -0.3 is 4.57 Å². The molecule has 52 valence electrons. The molecule has 2 nitrogen and oxygen atoms in total. The zero-order chi connectivity index (χ0) is 6.15. The number of halogens is 1. The molecule has 0 N–H and O–H groups in total. The molecule has 0 fully saturated rings. The molecule has 0 aliphatic carbocycles. The van der Waals surface area contributed by atoms with Gasteiger partial charge in [-0.2, -0.15) is 0 Å². The van der Waals surface area contributed by atoms with Crippen molar-refractivity contribution < 1.29 is 0 Å². The normalized spacial score (nSPS) is 8.78.